The van der Waals surface area contributed by atoms with E-state index in [0.29, 0.717) is 23.5 Å². The summed E-state index contributed by atoms with van der Waals surface area (Å²) in [7, 11) is 0. The number of rotatable bonds is 5. The number of hydrogen-bond acceptors (Lipinski definition) is 4. The van der Waals surface area contributed by atoms with E-state index in [1.165, 1.54) is 12.1 Å². The first-order valence-electron chi connectivity index (χ1n) is 7.40. The van der Waals surface area contributed by atoms with Crippen molar-refractivity contribution in [3.05, 3.63) is 54.2 Å². The highest BCUT2D eigenvalue weighted by atomic mass is 19.4. The number of amides is 1. The molecule has 0 saturated heterocycles. The molecule has 134 valence electrons. The van der Waals surface area contributed by atoms with Crippen molar-refractivity contribution in [2.45, 2.75) is 6.18 Å². The highest BCUT2D eigenvalue weighted by Gasteiger charge is 2.33. The standard InChI is InChI=1S/C17H13F3N4O2/c18-17(19,20)16-8-14(23-24-16)13-6-5-12(7-15(13)26)22-11-3-1-10(2-4-11)21-9-25/h1-9,22,26H,(H,21,25)(H,23,24). The van der Waals surface area contributed by atoms with Gasteiger partial charge in [-0.2, -0.15) is 18.3 Å². The van der Waals surface area contributed by atoms with Gasteiger partial charge in [0.2, 0.25) is 6.41 Å². The molecule has 0 aliphatic rings. The lowest BCUT2D eigenvalue weighted by atomic mass is 10.1. The summed E-state index contributed by atoms with van der Waals surface area (Å²) >= 11 is 0. The first kappa shape index (κ1) is 17.3. The molecule has 0 atom stereocenters. The second-order valence-electron chi connectivity index (χ2n) is 5.36. The van der Waals surface area contributed by atoms with E-state index in [0.717, 1.165) is 6.07 Å². The molecule has 1 aromatic heterocycles. The van der Waals surface area contributed by atoms with Crippen LogP contribution >= 0.6 is 0 Å². The minimum absolute atomic E-state index is 0.00864. The monoisotopic (exact) mass is 362 g/mol. The minimum atomic E-state index is -4.53. The molecule has 1 heterocycles. The lowest BCUT2D eigenvalue weighted by Gasteiger charge is -2.09. The average molecular weight is 362 g/mol. The van der Waals surface area contributed by atoms with E-state index in [1.807, 2.05) is 5.10 Å². The molecule has 0 fully saturated rings. The average Bonchev–Trinajstić information content (AvgIpc) is 3.07. The maximum atomic E-state index is 12.6. The maximum absolute atomic E-state index is 12.6. The summed E-state index contributed by atoms with van der Waals surface area (Å²) in [6.45, 7) is 0. The van der Waals surface area contributed by atoms with Crippen molar-refractivity contribution in [2.24, 2.45) is 0 Å². The Bertz CT molecular complexity index is 921. The third-order valence-corrected chi connectivity index (χ3v) is 3.56. The Morgan fingerprint density at radius 3 is 2.23 bits per heavy atom. The quantitative estimate of drug-likeness (QED) is 0.514. The van der Waals surface area contributed by atoms with Crippen LogP contribution in [0.3, 0.4) is 0 Å². The maximum Gasteiger partial charge on any atom is 0.432 e. The van der Waals surface area contributed by atoms with Gasteiger partial charge in [-0.25, -0.2) is 0 Å². The predicted molar refractivity (Wildman–Crippen MR) is 90.1 cm³/mol. The number of phenols is 1. The molecule has 0 aliphatic heterocycles. The van der Waals surface area contributed by atoms with Gasteiger partial charge < -0.3 is 15.7 Å². The van der Waals surface area contributed by atoms with Gasteiger partial charge in [-0.15, -0.1) is 0 Å². The molecule has 6 nitrogen and oxygen atoms in total. The van der Waals surface area contributed by atoms with Crippen molar-refractivity contribution in [3.63, 3.8) is 0 Å². The van der Waals surface area contributed by atoms with Gasteiger partial charge >= 0.3 is 6.18 Å². The van der Waals surface area contributed by atoms with E-state index in [4.69, 9.17) is 0 Å². The number of nitrogens with zero attached hydrogens (tertiary/aromatic N) is 1. The zero-order valence-electron chi connectivity index (χ0n) is 13.1. The molecule has 26 heavy (non-hydrogen) atoms. The smallest absolute Gasteiger partial charge is 0.432 e. The summed E-state index contributed by atoms with van der Waals surface area (Å²) in [6.07, 6.45) is -3.97. The molecule has 0 bridgehead atoms. The van der Waals surface area contributed by atoms with Crippen LogP contribution in [0.4, 0.5) is 30.2 Å². The third kappa shape index (κ3) is 3.77. The largest absolute Gasteiger partial charge is 0.507 e. The van der Waals surface area contributed by atoms with Gasteiger partial charge in [-0.3, -0.25) is 9.89 Å². The number of alkyl halides is 3. The molecule has 0 radical (unpaired) electrons. The van der Waals surface area contributed by atoms with Crippen molar-refractivity contribution < 1.29 is 23.1 Å². The number of hydrogen-bond donors (Lipinski definition) is 4. The van der Waals surface area contributed by atoms with Gasteiger partial charge in [0, 0.05) is 28.7 Å². The Balaban J connectivity index is 1.79. The van der Waals surface area contributed by atoms with E-state index in [2.05, 4.69) is 15.7 Å². The SMILES string of the molecule is O=CNc1ccc(Nc2ccc(-c3cc(C(F)(F)F)[nH]n3)c(O)c2)cc1. The topological polar surface area (TPSA) is 90.0 Å². The van der Waals surface area contributed by atoms with Crippen LogP contribution in [-0.2, 0) is 11.0 Å². The van der Waals surface area contributed by atoms with Crippen LogP contribution in [0, 0.1) is 0 Å². The highest BCUT2D eigenvalue weighted by Crippen LogP contribution is 2.35. The molecule has 9 heteroatoms. The predicted octanol–water partition coefficient (Wildman–Crippen LogP) is 4.11. The molecule has 3 aromatic rings. The normalized spacial score (nSPS) is 11.2. The Morgan fingerprint density at radius 1 is 1.00 bits per heavy atom. The van der Waals surface area contributed by atoms with Crippen LogP contribution in [0.25, 0.3) is 11.3 Å². The van der Waals surface area contributed by atoms with E-state index in [-0.39, 0.29) is 17.0 Å². The summed E-state index contributed by atoms with van der Waals surface area (Å²) in [5, 5.41) is 21.2. The summed E-state index contributed by atoms with van der Waals surface area (Å²) < 4.78 is 37.9. The van der Waals surface area contributed by atoms with E-state index < -0.39 is 11.9 Å². The molecule has 4 N–H and O–H groups in total. The molecule has 2 aromatic carbocycles. The van der Waals surface area contributed by atoms with Crippen LogP contribution in [0.15, 0.2) is 48.5 Å². The lowest BCUT2D eigenvalue weighted by molar-refractivity contribution is -0.141. The summed E-state index contributed by atoms with van der Waals surface area (Å²) in [5.41, 5.74) is 1.04. The van der Waals surface area contributed by atoms with Crippen molar-refractivity contribution in [3.8, 4) is 17.0 Å². The first-order chi connectivity index (χ1) is 12.4. The van der Waals surface area contributed by atoms with Crippen LogP contribution < -0.4 is 10.6 Å². The Kier molecular flexibility index (Phi) is 4.53. The van der Waals surface area contributed by atoms with Gasteiger partial charge in [-0.1, -0.05) is 0 Å². The number of nitrogens with one attached hydrogen (secondary N) is 3. The molecule has 0 aliphatic carbocycles. The number of halogens is 3. The van der Waals surface area contributed by atoms with Gasteiger partial charge in [-0.05, 0) is 42.5 Å². The zero-order chi connectivity index (χ0) is 18.7. The fourth-order valence-electron chi connectivity index (χ4n) is 2.32. The van der Waals surface area contributed by atoms with Crippen molar-refractivity contribution >= 4 is 23.5 Å². The fourth-order valence-corrected chi connectivity index (χ4v) is 2.32. The summed E-state index contributed by atoms with van der Waals surface area (Å²) in [5.74, 6) is -0.213. The molecule has 1 amide bonds. The van der Waals surface area contributed by atoms with Crippen molar-refractivity contribution in [1.29, 1.82) is 0 Å². The van der Waals surface area contributed by atoms with E-state index in [1.54, 1.807) is 30.3 Å². The van der Waals surface area contributed by atoms with Gasteiger partial charge in [0.1, 0.15) is 11.4 Å². The second-order valence-corrected chi connectivity index (χ2v) is 5.36. The first-order valence-corrected chi connectivity index (χ1v) is 7.40. The van der Waals surface area contributed by atoms with E-state index >= 15 is 0 Å². The fraction of sp³-hybridized carbons (Fsp3) is 0.0588. The summed E-state index contributed by atoms with van der Waals surface area (Å²) in [6, 6.07) is 12.1. The van der Waals surface area contributed by atoms with Gasteiger partial charge in [0.15, 0.2) is 0 Å². The highest BCUT2D eigenvalue weighted by molar-refractivity contribution is 5.75. The number of phenolic OH excluding ortho intramolecular Hbond substituents is 1. The van der Waals surface area contributed by atoms with Crippen molar-refractivity contribution in [2.75, 3.05) is 10.6 Å². The number of aromatic amines is 1. The Hall–Kier alpha value is -3.49. The Labute approximate surface area is 145 Å². The lowest BCUT2D eigenvalue weighted by Crippen LogP contribution is -2.04. The van der Waals surface area contributed by atoms with E-state index in [9.17, 15) is 23.1 Å². The molecular formula is C17H13F3N4O2. The van der Waals surface area contributed by atoms with Crippen molar-refractivity contribution in [1.82, 2.24) is 10.2 Å². The molecule has 3 rings (SSSR count). The number of anilines is 3. The van der Waals surface area contributed by atoms with Crippen LogP contribution in [-0.4, -0.2) is 21.7 Å². The number of carbonyl (C=O) groups is 1. The third-order valence-electron chi connectivity index (χ3n) is 3.56. The second kappa shape index (κ2) is 6.79. The minimum Gasteiger partial charge on any atom is -0.507 e. The number of H-pyrrole nitrogens is 1. The van der Waals surface area contributed by atoms with Crippen LogP contribution in [0.5, 0.6) is 5.75 Å². The van der Waals surface area contributed by atoms with Crippen LogP contribution in [0.1, 0.15) is 5.69 Å². The number of carbonyl (C=O) groups excluding carboxylic acids is 1. The van der Waals surface area contributed by atoms with Crippen LogP contribution in [0.2, 0.25) is 0 Å². The summed E-state index contributed by atoms with van der Waals surface area (Å²) in [4.78, 5) is 10.4. The Morgan fingerprint density at radius 2 is 1.65 bits per heavy atom. The number of aromatic nitrogens is 2. The zero-order valence-corrected chi connectivity index (χ0v) is 13.1. The van der Waals surface area contributed by atoms with Gasteiger partial charge in [0.25, 0.3) is 0 Å². The number of aromatic hydroxyl groups is 1. The van der Waals surface area contributed by atoms with Gasteiger partial charge in [0.05, 0.1) is 5.69 Å². The molecule has 0 unspecified atom stereocenters. The number of benzene rings is 2. The molecule has 0 saturated carbocycles. The molecule has 0 spiro atoms. The molecular weight excluding hydrogens is 349 g/mol.